The highest BCUT2D eigenvalue weighted by molar-refractivity contribution is 4.84. The summed E-state index contributed by atoms with van der Waals surface area (Å²) in [7, 11) is 0. The molecule has 0 atom stereocenters. The summed E-state index contributed by atoms with van der Waals surface area (Å²) in [5.41, 5.74) is 0. The van der Waals surface area contributed by atoms with Gasteiger partial charge in [-0.1, -0.05) is 52.9 Å². The maximum atomic E-state index is 2.49. The van der Waals surface area contributed by atoms with E-state index in [9.17, 15) is 0 Å². The Morgan fingerprint density at radius 3 is 2.32 bits per heavy atom. The molecule has 1 aromatic heterocycles. The number of aromatic nitrogens is 2. The van der Waals surface area contributed by atoms with Gasteiger partial charge in [0.25, 0.3) is 5.82 Å². The Morgan fingerprint density at radius 2 is 1.63 bits per heavy atom. The molecule has 0 amide bonds. The molecule has 0 aliphatic heterocycles. The van der Waals surface area contributed by atoms with Crippen LogP contribution in [0.3, 0.4) is 0 Å². The monoisotopic (exact) mass is 265 g/mol. The van der Waals surface area contributed by atoms with Gasteiger partial charge < -0.3 is 0 Å². The lowest BCUT2D eigenvalue weighted by atomic mass is 10.1. The summed E-state index contributed by atoms with van der Waals surface area (Å²) in [5, 5.41) is 0. The fourth-order valence-corrected chi connectivity index (χ4v) is 2.56. The zero-order valence-corrected chi connectivity index (χ0v) is 13.3. The molecule has 0 spiro atoms. The zero-order chi connectivity index (χ0) is 13.9. The number of nitrogens with zero attached hydrogens (tertiary/aromatic N) is 2. The van der Waals surface area contributed by atoms with Gasteiger partial charge in [0.15, 0.2) is 0 Å². The van der Waals surface area contributed by atoms with Crippen molar-refractivity contribution in [2.45, 2.75) is 91.6 Å². The van der Waals surface area contributed by atoms with Crippen LogP contribution >= 0.6 is 0 Å². The van der Waals surface area contributed by atoms with Crippen LogP contribution < -0.4 is 4.57 Å². The van der Waals surface area contributed by atoms with E-state index < -0.39 is 0 Å². The number of rotatable bonds is 11. The Kier molecular flexibility index (Phi) is 8.61. The van der Waals surface area contributed by atoms with E-state index in [4.69, 9.17) is 0 Å². The van der Waals surface area contributed by atoms with E-state index in [1.165, 1.54) is 70.9 Å². The molecule has 0 radical (unpaired) electrons. The number of hydrogen-bond donors (Lipinski definition) is 0. The molecule has 0 N–H and O–H groups in total. The molecule has 1 heterocycles. The Hall–Kier alpha value is -0.790. The quantitative estimate of drug-likeness (QED) is 0.411. The standard InChI is InChI=1S/C17H33N2/c1-4-7-10-11-12-17-18(13-8-5-2)15-16-19(17)14-9-6-3/h15-16H,4-14H2,1-3H3/q+1. The smallest absolute Gasteiger partial charge is 0.234 e. The van der Waals surface area contributed by atoms with Crippen molar-refractivity contribution in [3.05, 3.63) is 18.2 Å². The minimum Gasteiger partial charge on any atom is -0.234 e. The predicted octanol–water partition coefficient (Wildman–Crippen LogP) is 4.50. The van der Waals surface area contributed by atoms with Crippen molar-refractivity contribution in [2.75, 3.05) is 0 Å². The Bertz CT molecular complexity index is 303. The van der Waals surface area contributed by atoms with Gasteiger partial charge in [-0.3, -0.25) is 0 Å². The summed E-state index contributed by atoms with van der Waals surface area (Å²) in [4.78, 5) is 0. The lowest BCUT2D eigenvalue weighted by Gasteiger charge is -2.05. The first kappa shape index (κ1) is 16.3. The number of aryl methyl sites for hydroxylation is 2. The molecule has 0 bridgehead atoms. The van der Waals surface area contributed by atoms with Crippen molar-refractivity contribution < 1.29 is 4.57 Å². The van der Waals surface area contributed by atoms with Crippen molar-refractivity contribution in [3.63, 3.8) is 0 Å². The summed E-state index contributed by atoms with van der Waals surface area (Å²) >= 11 is 0. The maximum Gasteiger partial charge on any atom is 0.256 e. The molecule has 0 aromatic carbocycles. The van der Waals surface area contributed by atoms with E-state index >= 15 is 0 Å². The van der Waals surface area contributed by atoms with E-state index in [1.54, 1.807) is 5.82 Å². The summed E-state index contributed by atoms with van der Waals surface area (Å²) in [5.74, 6) is 1.55. The summed E-state index contributed by atoms with van der Waals surface area (Å²) in [6, 6.07) is 0. The highest BCUT2D eigenvalue weighted by Gasteiger charge is 2.15. The first-order chi connectivity index (χ1) is 9.33. The van der Waals surface area contributed by atoms with Crippen LogP contribution in [-0.4, -0.2) is 4.57 Å². The molecule has 110 valence electrons. The van der Waals surface area contributed by atoms with Crippen LogP contribution in [0.4, 0.5) is 0 Å². The van der Waals surface area contributed by atoms with E-state index in [0.29, 0.717) is 0 Å². The Morgan fingerprint density at radius 1 is 0.895 bits per heavy atom. The van der Waals surface area contributed by atoms with Crippen LogP contribution in [0.25, 0.3) is 0 Å². The van der Waals surface area contributed by atoms with Gasteiger partial charge in [-0.2, -0.15) is 0 Å². The van der Waals surface area contributed by atoms with Gasteiger partial charge in [-0.05, 0) is 19.3 Å². The summed E-state index contributed by atoms with van der Waals surface area (Å²) in [6.07, 6.45) is 16.4. The predicted molar refractivity (Wildman–Crippen MR) is 82.3 cm³/mol. The first-order valence-corrected chi connectivity index (χ1v) is 8.40. The molecule has 0 aliphatic rings. The van der Waals surface area contributed by atoms with Gasteiger partial charge in [0, 0.05) is 6.42 Å². The van der Waals surface area contributed by atoms with Gasteiger partial charge >= 0.3 is 0 Å². The zero-order valence-electron chi connectivity index (χ0n) is 13.3. The fourth-order valence-electron chi connectivity index (χ4n) is 2.56. The van der Waals surface area contributed by atoms with E-state index in [2.05, 4.69) is 42.3 Å². The average molecular weight is 265 g/mol. The van der Waals surface area contributed by atoms with Crippen LogP contribution in [0.15, 0.2) is 12.4 Å². The molecule has 2 nitrogen and oxygen atoms in total. The van der Waals surface area contributed by atoms with Gasteiger partial charge in [-0.25, -0.2) is 9.13 Å². The van der Waals surface area contributed by atoms with E-state index in [-0.39, 0.29) is 0 Å². The SMILES string of the molecule is CCCCCCc1n(CCCC)cc[n+]1CCCC. The van der Waals surface area contributed by atoms with Crippen molar-refractivity contribution in [1.82, 2.24) is 4.57 Å². The average Bonchev–Trinajstić information content (AvgIpc) is 2.81. The Balaban J connectivity index is 2.60. The van der Waals surface area contributed by atoms with Gasteiger partial charge in [-0.15, -0.1) is 0 Å². The van der Waals surface area contributed by atoms with E-state index in [0.717, 1.165) is 0 Å². The van der Waals surface area contributed by atoms with Gasteiger partial charge in [0.2, 0.25) is 0 Å². The topological polar surface area (TPSA) is 8.81 Å². The molecule has 1 rings (SSSR count). The normalized spacial score (nSPS) is 11.1. The molecule has 2 heteroatoms. The van der Waals surface area contributed by atoms with E-state index in [1.807, 2.05) is 0 Å². The third kappa shape index (κ3) is 5.80. The molecular formula is C17H33N2+. The summed E-state index contributed by atoms with van der Waals surface area (Å²) < 4.78 is 4.98. The summed E-state index contributed by atoms with van der Waals surface area (Å²) in [6.45, 7) is 9.22. The van der Waals surface area contributed by atoms with Crippen molar-refractivity contribution in [1.29, 1.82) is 0 Å². The lowest BCUT2D eigenvalue weighted by molar-refractivity contribution is -0.704. The van der Waals surface area contributed by atoms with Crippen LogP contribution in [0, 0.1) is 0 Å². The first-order valence-electron chi connectivity index (χ1n) is 8.40. The second-order valence-corrected chi connectivity index (χ2v) is 5.62. The molecule has 0 aliphatic carbocycles. The van der Waals surface area contributed by atoms with Gasteiger partial charge in [0.1, 0.15) is 12.4 Å². The molecule has 1 aromatic rings. The van der Waals surface area contributed by atoms with Crippen LogP contribution in [0.1, 0.15) is 78.0 Å². The molecule has 0 fully saturated rings. The largest absolute Gasteiger partial charge is 0.256 e. The van der Waals surface area contributed by atoms with Gasteiger partial charge in [0.05, 0.1) is 13.1 Å². The van der Waals surface area contributed by atoms with Crippen LogP contribution in [0.2, 0.25) is 0 Å². The Labute approximate surface area is 119 Å². The highest BCUT2D eigenvalue weighted by Crippen LogP contribution is 2.07. The molecule has 0 unspecified atom stereocenters. The van der Waals surface area contributed by atoms with Crippen molar-refractivity contribution >= 4 is 0 Å². The number of hydrogen-bond acceptors (Lipinski definition) is 0. The van der Waals surface area contributed by atoms with Crippen molar-refractivity contribution in [3.8, 4) is 0 Å². The second-order valence-electron chi connectivity index (χ2n) is 5.62. The third-order valence-electron chi connectivity index (χ3n) is 3.85. The fraction of sp³-hybridized carbons (Fsp3) is 0.824. The van der Waals surface area contributed by atoms with Crippen molar-refractivity contribution in [2.24, 2.45) is 0 Å². The lowest BCUT2D eigenvalue weighted by Crippen LogP contribution is -2.37. The van der Waals surface area contributed by atoms with Crippen LogP contribution in [0.5, 0.6) is 0 Å². The highest BCUT2D eigenvalue weighted by atomic mass is 15.1. The maximum absolute atomic E-state index is 2.49. The minimum atomic E-state index is 1.19. The molecule has 0 saturated carbocycles. The third-order valence-corrected chi connectivity index (χ3v) is 3.85. The molecule has 0 saturated heterocycles. The number of unbranched alkanes of at least 4 members (excludes halogenated alkanes) is 5. The molecular weight excluding hydrogens is 232 g/mol. The number of imidazole rings is 1. The van der Waals surface area contributed by atoms with Crippen LogP contribution in [-0.2, 0) is 19.5 Å². The second kappa shape index (κ2) is 10.1. The minimum absolute atomic E-state index is 1.19. The molecule has 19 heavy (non-hydrogen) atoms.